The van der Waals surface area contributed by atoms with Gasteiger partial charge in [-0.2, -0.15) is 9.57 Å². The first-order valence-corrected chi connectivity index (χ1v) is 11.6. The van der Waals surface area contributed by atoms with Crippen molar-refractivity contribution in [1.29, 1.82) is 5.26 Å². The second kappa shape index (κ2) is 7.80. The molecule has 4 rings (SSSR count). The second-order valence-electron chi connectivity index (χ2n) is 6.97. The maximum absolute atomic E-state index is 14.2. The number of carbonyl (C=O) groups is 1. The Labute approximate surface area is 177 Å². The van der Waals surface area contributed by atoms with Gasteiger partial charge < -0.3 is 4.90 Å². The predicted octanol–water partition coefficient (Wildman–Crippen LogP) is 3.37. The van der Waals surface area contributed by atoms with E-state index in [4.69, 9.17) is 0 Å². The highest BCUT2D eigenvalue weighted by Gasteiger charge is 2.32. The van der Waals surface area contributed by atoms with E-state index < -0.39 is 10.0 Å². The number of halogens is 1. The van der Waals surface area contributed by atoms with Crippen LogP contribution in [0.3, 0.4) is 0 Å². The summed E-state index contributed by atoms with van der Waals surface area (Å²) < 4.78 is 42.1. The van der Waals surface area contributed by atoms with Gasteiger partial charge in [-0.25, -0.2) is 12.8 Å². The van der Waals surface area contributed by atoms with Gasteiger partial charge in [0.05, 0.1) is 15.3 Å². The van der Waals surface area contributed by atoms with Crippen molar-refractivity contribution >= 4 is 37.4 Å². The molecule has 9 heteroatoms. The SMILES string of the molecule is Cc1c(C(=O)N2CCN(S(=O)(=O)c3ccccc3C#N)CC2)sc2cccc(F)c12. The summed E-state index contributed by atoms with van der Waals surface area (Å²) in [5.41, 5.74) is 0.704. The zero-order valence-electron chi connectivity index (χ0n) is 16.1. The highest BCUT2D eigenvalue weighted by Crippen LogP contribution is 2.33. The summed E-state index contributed by atoms with van der Waals surface area (Å²) in [5.74, 6) is -0.574. The Kier molecular flexibility index (Phi) is 5.32. The number of benzene rings is 2. The number of rotatable bonds is 3. The average molecular weight is 444 g/mol. The van der Waals surface area contributed by atoms with Crippen molar-refractivity contribution < 1.29 is 17.6 Å². The summed E-state index contributed by atoms with van der Waals surface area (Å²) >= 11 is 1.25. The van der Waals surface area contributed by atoms with E-state index in [1.807, 2.05) is 6.07 Å². The molecule has 1 fully saturated rings. The number of sulfonamides is 1. The highest BCUT2D eigenvalue weighted by atomic mass is 32.2. The fraction of sp³-hybridized carbons (Fsp3) is 0.238. The predicted molar refractivity (Wildman–Crippen MR) is 112 cm³/mol. The van der Waals surface area contributed by atoms with Crippen molar-refractivity contribution in [3.05, 3.63) is 64.3 Å². The Balaban J connectivity index is 1.54. The van der Waals surface area contributed by atoms with Crippen LogP contribution >= 0.6 is 11.3 Å². The molecule has 1 aromatic heterocycles. The minimum atomic E-state index is -3.83. The van der Waals surface area contributed by atoms with E-state index in [1.165, 1.54) is 33.8 Å². The van der Waals surface area contributed by atoms with Crippen LogP contribution in [0.2, 0.25) is 0 Å². The quantitative estimate of drug-likeness (QED) is 0.622. The van der Waals surface area contributed by atoms with E-state index in [0.717, 1.165) is 0 Å². The molecule has 1 amide bonds. The van der Waals surface area contributed by atoms with Crippen molar-refractivity contribution in [2.75, 3.05) is 26.2 Å². The van der Waals surface area contributed by atoms with Crippen molar-refractivity contribution in [3.8, 4) is 6.07 Å². The van der Waals surface area contributed by atoms with Gasteiger partial charge in [-0.3, -0.25) is 4.79 Å². The minimum absolute atomic E-state index is 0.0249. The minimum Gasteiger partial charge on any atom is -0.335 e. The fourth-order valence-electron chi connectivity index (χ4n) is 3.66. The molecule has 6 nitrogen and oxygen atoms in total. The Morgan fingerprint density at radius 2 is 1.80 bits per heavy atom. The molecule has 3 aromatic rings. The number of amides is 1. The lowest BCUT2D eigenvalue weighted by molar-refractivity contribution is 0.0702. The van der Waals surface area contributed by atoms with E-state index in [9.17, 15) is 22.9 Å². The van der Waals surface area contributed by atoms with E-state index >= 15 is 0 Å². The van der Waals surface area contributed by atoms with Crippen molar-refractivity contribution in [2.24, 2.45) is 0 Å². The smallest absolute Gasteiger partial charge is 0.264 e. The molecular weight excluding hydrogens is 425 g/mol. The standard InChI is InChI=1S/C21H18FN3O3S2/c1-14-19-16(22)6-4-7-17(19)29-20(14)21(26)24-9-11-25(12-10-24)30(27,28)18-8-3-2-5-15(18)13-23/h2-8H,9-12H2,1H3. The van der Waals surface area contributed by atoms with Crippen molar-refractivity contribution in [2.45, 2.75) is 11.8 Å². The Hall–Kier alpha value is -2.80. The Bertz CT molecular complexity index is 1290. The van der Waals surface area contributed by atoms with Crippen molar-refractivity contribution in [3.63, 3.8) is 0 Å². The summed E-state index contributed by atoms with van der Waals surface area (Å²) in [4.78, 5) is 15.1. The van der Waals surface area contributed by atoms with Gasteiger partial charge >= 0.3 is 0 Å². The number of piperazine rings is 1. The van der Waals surface area contributed by atoms with Gasteiger partial charge in [0.15, 0.2) is 0 Å². The summed E-state index contributed by atoms with van der Waals surface area (Å²) in [6, 6.07) is 12.8. The second-order valence-corrected chi connectivity index (χ2v) is 9.93. The number of nitrogens with zero attached hydrogens (tertiary/aromatic N) is 3. The topological polar surface area (TPSA) is 81.5 Å². The summed E-state index contributed by atoms with van der Waals surface area (Å²) in [7, 11) is -3.83. The number of aryl methyl sites for hydroxylation is 1. The molecule has 0 radical (unpaired) electrons. The van der Waals surface area contributed by atoms with Crippen LogP contribution in [-0.4, -0.2) is 49.7 Å². The number of hydrogen-bond acceptors (Lipinski definition) is 5. The number of carbonyl (C=O) groups excluding carboxylic acids is 1. The molecular formula is C21H18FN3O3S2. The molecule has 0 spiro atoms. The lowest BCUT2D eigenvalue weighted by atomic mass is 10.1. The zero-order valence-corrected chi connectivity index (χ0v) is 17.8. The van der Waals surface area contributed by atoms with Gasteiger partial charge in [0, 0.05) is 36.3 Å². The van der Waals surface area contributed by atoms with E-state index in [-0.39, 0.29) is 48.4 Å². The molecule has 0 unspecified atom stereocenters. The fourth-order valence-corrected chi connectivity index (χ4v) is 6.41. The maximum Gasteiger partial charge on any atom is 0.264 e. The van der Waals surface area contributed by atoms with Crippen LogP contribution < -0.4 is 0 Å². The molecule has 2 heterocycles. The third kappa shape index (κ3) is 3.37. The van der Waals surface area contributed by atoms with Gasteiger partial charge in [-0.15, -0.1) is 11.3 Å². The van der Waals surface area contributed by atoms with Gasteiger partial charge in [0.25, 0.3) is 5.91 Å². The lowest BCUT2D eigenvalue weighted by Crippen LogP contribution is -2.50. The monoisotopic (exact) mass is 443 g/mol. The molecule has 0 bridgehead atoms. The zero-order chi connectivity index (χ0) is 21.5. The summed E-state index contributed by atoms with van der Waals surface area (Å²) in [6.07, 6.45) is 0. The van der Waals surface area contributed by atoms with Gasteiger partial charge in [0.2, 0.25) is 10.0 Å². The maximum atomic E-state index is 14.2. The van der Waals surface area contributed by atoms with Crippen LogP contribution in [0.25, 0.3) is 10.1 Å². The van der Waals surface area contributed by atoms with Gasteiger partial charge in [-0.1, -0.05) is 18.2 Å². The van der Waals surface area contributed by atoms with E-state index in [1.54, 1.807) is 36.1 Å². The van der Waals surface area contributed by atoms with Gasteiger partial charge in [-0.05, 0) is 36.8 Å². The molecule has 0 atom stereocenters. The number of nitriles is 1. The normalized spacial score (nSPS) is 15.3. The first-order valence-electron chi connectivity index (χ1n) is 9.30. The molecule has 1 aliphatic rings. The van der Waals surface area contributed by atoms with Crippen LogP contribution in [0.15, 0.2) is 47.4 Å². The molecule has 0 N–H and O–H groups in total. The lowest BCUT2D eigenvalue weighted by Gasteiger charge is -2.34. The van der Waals surface area contributed by atoms with E-state index in [0.29, 0.717) is 20.5 Å². The molecule has 1 aliphatic heterocycles. The highest BCUT2D eigenvalue weighted by molar-refractivity contribution is 7.89. The molecule has 0 saturated carbocycles. The number of fused-ring (bicyclic) bond motifs is 1. The molecule has 2 aromatic carbocycles. The van der Waals surface area contributed by atoms with Crippen LogP contribution in [0.1, 0.15) is 20.8 Å². The van der Waals surface area contributed by atoms with Crippen LogP contribution in [0.5, 0.6) is 0 Å². The molecule has 30 heavy (non-hydrogen) atoms. The Morgan fingerprint density at radius 3 is 2.47 bits per heavy atom. The molecule has 0 aliphatic carbocycles. The summed E-state index contributed by atoms with van der Waals surface area (Å²) in [6.45, 7) is 2.44. The van der Waals surface area contributed by atoms with Crippen LogP contribution in [-0.2, 0) is 10.0 Å². The van der Waals surface area contributed by atoms with Gasteiger partial charge in [0.1, 0.15) is 11.9 Å². The first kappa shape index (κ1) is 20.5. The van der Waals surface area contributed by atoms with Crippen LogP contribution in [0, 0.1) is 24.1 Å². The molecule has 154 valence electrons. The first-order chi connectivity index (χ1) is 14.3. The average Bonchev–Trinajstić information content (AvgIpc) is 3.11. The number of thiophene rings is 1. The Morgan fingerprint density at radius 1 is 1.10 bits per heavy atom. The van der Waals surface area contributed by atoms with Crippen LogP contribution in [0.4, 0.5) is 4.39 Å². The third-order valence-corrected chi connectivity index (χ3v) is 8.45. The molecule has 1 saturated heterocycles. The third-order valence-electron chi connectivity index (χ3n) is 5.25. The number of hydrogen-bond donors (Lipinski definition) is 0. The largest absolute Gasteiger partial charge is 0.335 e. The van der Waals surface area contributed by atoms with Crippen molar-refractivity contribution in [1.82, 2.24) is 9.21 Å². The summed E-state index contributed by atoms with van der Waals surface area (Å²) in [5, 5.41) is 9.67. The van der Waals surface area contributed by atoms with E-state index in [2.05, 4.69) is 0 Å².